The quantitative estimate of drug-likeness (QED) is 0.813. The summed E-state index contributed by atoms with van der Waals surface area (Å²) in [4.78, 5) is 12.3. The number of carbonyl (C=O) groups excluding carboxylic acids is 1. The number of nitrogens with one attached hydrogen (secondary N) is 1. The van der Waals surface area contributed by atoms with Gasteiger partial charge in [-0.1, -0.05) is 38.3 Å². The van der Waals surface area contributed by atoms with Gasteiger partial charge >= 0.3 is 0 Å². The monoisotopic (exact) mass is 387 g/mol. The number of carbonyl (C=O) groups is 1. The molecular formula is C20H25N3O3S. The summed E-state index contributed by atoms with van der Waals surface area (Å²) in [6, 6.07) is 10.5. The Hall–Kier alpha value is -2.28. The van der Waals surface area contributed by atoms with E-state index in [4.69, 9.17) is 0 Å². The third-order valence-corrected chi connectivity index (χ3v) is 6.59. The molecule has 1 amide bonds. The molecule has 1 aromatic heterocycles. The molecule has 2 aromatic rings. The lowest BCUT2D eigenvalue weighted by Gasteiger charge is -2.20. The topological polar surface area (TPSA) is 89.0 Å². The van der Waals surface area contributed by atoms with Crippen LogP contribution in [0.3, 0.4) is 0 Å². The molecule has 0 bridgehead atoms. The third-order valence-electron chi connectivity index (χ3n) is 4.98. The smallest absolute Gasteiger partial charge is 0.224 e. The molecule has 1 aliphatic carbocycles. The maximum atomic E-state index is 12.3. The van der Waals surface area contributed by atoms with Crippen LogP contribution < -0.4 is 5.32 Å². The van der Waals surface area contributed by atoms with E-state index in [-0.39, 0.29) is 16.7 Å². The maximum absolute atomic E-state index is 12.3. The van der Waals surface area contributed by atoms with Crippen LogP contribution in [0.15, 0.2) is 41.4 Å². The lowest BCUT2D eigenvalue weighted by atomic mass is 9.87. The molecule has 0 atom stereocenters. The molecule has 27 heavy (non-hydrogen) atoms. The van der Waals surface area contributed by atoms with E-state index in [1.807, 2.05) is 24.3 Å². The first-order valence-electron chi connectivity index (χ1n) is 9.44. The van der Waals surface area contributed by atoms with Gasteiger partial charge in [0.15, 0.2) is 14.9 Å². The van der Waals surface area contributed by atoms with Crippen molar-refractivity contribution in [2.45, 2.75) is 50.5 Å². The number of aromatic nitrogens is 2. The molecule has 0 spiro atoms. The highest BCUT2D eigenvalue weighted by atomic mass is 32.2. The van der Waals surface area contributed by atoms with Gasteiger partial charge in [0.25, 0.3) is 0 Å². The molecule has 1 heterocycles. The van der Waals surface area contributed by atoms with Crippen molar-refractivity contribution in [2.24, 2.45) is 5.92 Å². The Labute approximate surface area is 160 Å². The standard InChI is InChI=1S/C20H25N3O3S/c1-2-27(25,26)20-12-11-18(22-23-20)16-9-6-10-17(14-16)21-19(24)13-15-7-4-3-5-8-15/h6,9-12,14-15H,2-5,7-8,13H2,1H3,(H,21,24). The van der Waals surface area contributed by atoms with Gasteiger partial charge in [-0.2, -0.15) is 0 Å². The predicted molar refractivity (Wildman–Crippen MR) is 105 cm³/mol. The summed E-state index contributed by atoms with van der Waals surface area (Å²) < 4.78 is 23.7. The zero-order valence-electron chi connectivity index (χ0n) is 15.5. The number of hydrogen-bond acceptors (Lipinski definition) is 5. The fraction of sp³-hybridized carbons (Fsp3) is 0.450. The normalized spacial score (nSPS) is 15.4. The van der Waals surface area contributed by atoms with Crippen LogP contribution in [-0.4, -0.2) is 30.3 Å². The van der Waals surface area contributed by atoms with E-state index < -0.39 is 9.84 Å². The number of anilines is 1. The second-order valence-electron chi connectivity index (χ2n) is 7.00. The van der Waals surface area contributed by atoms with Crippen LogP contribution in [0.2, 0.25) is 0 Å². The molecule has 3 rings (SSSR count). The van der Waals surface area contributed by atoms with E-state index in [0.29, 0.717) is 23.7 Å². The molecule has 7 heteroatoms. The van der Waals surface area contributed by atoms with Crippen LogP contribution in [0.4, 0.5) is 5.69 Å². The highest BCUT2D eigenvalue weighted by molar-refractivity contribution is 7.91. The van der Waals surface area contributed by atoms with Crippen molar-refractivity contribution in [3.63, 3.8) is 0 Å². The molecular weight excluding hydrogens is 362 g/mol. The number of nitrogens with zero attached hydrogens (tertiary/aromatic N) is 2. The minimum Gasteiger partial charge on any atom is -0.326 e. The van der Waals surface area contributed by atoms with Gasteiger partial charge in [-0.3, -0.25) is 4.79 Å². The largest absolute Gasteiger partial charge is 0.326 e. The van der Waals surface area contributed by atoms with E-state index in [0.717, 1.165) is 18.4 Å². The summed E-state index contributed by atoms with van der Waals surface area (Å²) in [5.41, 5.74) is 2.05. The first-order valence-corrected chi connectivity index (χ1v) is 11.1. The van der Waals surface area contributed by atoms with Crippen LogP contribution in [0.5, 0.6) is 0 Å². The third kappa shape index (κ3) is 5.13. The number of amides is 1. The van der Waals surface area contributed by atoms with E-state index in [9.17, 15) is 13.2 Å². The number of rotatable bonds is 6. The molecule has 144 valence electrons. The van der Waals surface area contributed by atoms with Crippen molar-refractivity contribution in [3.8, 4) is 11.3 Å². The second kappa shape index (κ2) is 8.61. The highest BCUT2D eigenvalue weighted by Gasteiger charge is 2.17. The van der Waals surface area contributed by atoms with Crippen molar-refractivity contribution < 1.29 is 13.2 Å². The van der Waals surface area contributed by atoms with Crippen LogP contribution in [0.25, 0.3) is 11.3 Å². The summed E-state index contributed by atoms with van der Waals surface area (Å²) >= 11 is 0. The van der Waals surface area contributed by atoms with Gasteiger partial charge in [-0.15, -0.1) is 10.2 Å². The van der Waals surface area contributed by atoms with Crippen LogP contribution in [0, 0.1) is 5.92 Å². The lowest BCUT2D eigenvalue weighted by molar-refractivity contribution is -0.117. The molecule has 0 saturated heterocycles. The molecule has 1 aliphatic rings. The second-order valence-corrected chi connectivity index (χ2v) is 9.22. The molecule has 1 N–H and O–H groups in total. The summed E-state index contributed by atoms with van der Waals surface area (Å²) in [7, 11) is -3.37. The predicted octanol–water partition coefficient (Wildman–Crippen LogP) is 3.85. The van der Waals surface area contributed by atoms with E-state index in [1.165, 1.54) is 25.3 Å². The first kappa shape index (κ1) is 19.5. The van der Waals surface area contributed by atoms with Gasteiger partial charge in [0, 0.05) is 17.7 Å². The molecule has 0 aliphatic heterocycles. The van der Waals surface area contributed by atoms with E-state index in [1.54, 1.807) is 13.0 Å². The average molecular weight is 388 g/mol. The minimum atomic E-state index is -3.37. The van der Waals surface area contributed by atoms with Gasteiger partial charge in [0.2, 0.25) is 5.91 Å². The Morgan fingerprint density at radius 1 is 1.11 bits per heavy atom. The number of sulfone groups is 1. The van der Waals surface area contributed by atoms with Crippen LogP contribution in [0.1, 0.15) is 45.4 Å². The highest BCUT2D eigenvalue weighted by Crippen LogP contribution is 2.27. The van der Waals surface area contributed by atoms with E-state index in [2.05, 4.69) is 15.5 Å². The molecule has 1 aromatic carbocycles. The fourth-order valence-electron chi connectivity index (χ4n) is 3.41. The molecule has 0 radical (unpaired) electrons. The Kier molecular flexibility index (Phi) is 6.21. The zero-order valence-corrected chi connectivity index (χ0v) is 16.3. The summed E-state index contributed by atoms with van der Waals surface area (Å²) in [6.07, 6.45) is 6.55. The van der Waals surface area contributed by atoms with Gasteiger partial charge in [0.05, 0.1) is 11.4 Å². The first-order chi connectivity index (χ1) is 13.0. The summed E-state index contributed by atoms with van der Waals surface area (Å²) in [6.45, 7) is 1.57. The van der Waals surface area contributed by atoms with Crippen LogP contribution in [-0.2, 0) is 14.6 Å². The summed E-state index contributed by atoms with van der Waals surface area (Å²) in [5, 5.41) is 10.8. The SMILES string of the molecule is CCS(=O)(=O)c1ccc(-c2cccc(NC(=O)CC3CCCCC3)c2)nn1. The van der Waals surface area contributed by atoms with Crippen molar-refractivity contribution >= 4 is 21.4 Å². The summed E-state index contributed by atoms with van der Waals surface area (Å²) in [5.74, 6) is 0.513. The average Bonchev–Trinajstić information content (AvgIpc) is 2.69. The molecule has 1 fully saturated rings. The number of hydrogen-bond donors (Lipinski definition) is 1. The van der Waals surface area contributed by atoms with Crippen molar-refractivity contribution in [1.29, 1.82) is 0 Å². The molecule has 1 saturated carbocycles. The van der Waals surface area contributed by atoms with Gasteiger partial charge in [-0.25, -0.2) is 8.42 Å². The van der Waals surface area contributed by atoms with E-state index >= 15 is 0 Å². The maximum Gasteiger partial charge on any atom is 0.224 e. The Bertz CT molecular complexity index is 889. The molecule has 0 unspecified atom stereocenters. The van der Waals surface area contributed by atoms with Crippen molar-refractivity contribution in [1.82, 2.24) is 10.2 Å². The van der Waals surface area contributed by atoms with Crippen molar-refractivity contribution in [2.75, 3.05) is 11.1 Å². The fourth-order valence-corrected chi connectivity index (χ4v) is 4.15. The molecule has 6 nitrogen and oxygen atoms in total. The van der Waals surface area contributed by atoms with Gasteiger partial charge < -0.3 is 5.32 Å². The Morgan fingerprint density at radius 3 is 2.56 bits per heavy atom. The zero-order chi connectivity index (χ0) is 19.3. The van der Waals surface area contributed by atoms with Gasteiger partial charge in [-0.05, 0) is 43.0 Å². The Morgan fingerprint density at radius 2 is 1.89 bits per heavy atom. The van der Waals surface area contributed by atoms with Gasteiger partial charge in [0.1, 0.15) is 0 Å². The minimum absolute atomic E-state index is 0.0104. The Balaban J connectivity index is 1.69. The van der Waals surface area contributed by atoms with Crippen molar-refractivity contribution in [3.05, 3.63) is 36.4 Å². The lowest BCUT2D eigenvalue weighted by Crippen LogP contribution is -2.18. The number of benzene rings is 1. The van der Waals surface area contributed by atoms with Crippen LogP contribution >= 0.6 is 0 Å².